The first kappa shape index (κ1) is 19.9. The van der Waals surface area contributed by atoms with Crippen LogP contribution in [0.2, 0.25) is 0 Å². The van der Waals surface area contributed by atoms with Gasteiger partial charge in [0.1, 0.15) is 11.1 Å². The molecule has 1 heterocycles. The van der Waals surface area contributed by atoms with Crippen LogP contribution in [-0.2, 0) is 24.2 Å². The average molecular weight is 400 g/mol. The molecule has 1 aromatic carbocycles. The summed E-state index contributed by atoms with van der Waals surface area (Å²) >= 11 is 3.30. The standard InChI is InChI=1S/C21H25N3OS2/c1-14-4-9-17-18(11-22)21(27-19(17)10-14)23-20(25)13-24(2)12-15-5-7-16(26-3)8-6-15/h5-8,14H,4,9-10,12-13H2,1-3H3,(H,23,25)/t14-/m1/s1. The summed E-state index contributed by atoms with van der Waals surface area (Å²) in [7, 11) is 1.94. The van der Waals surface area contributed by atoms with Crippen LogP contribution in [0.4, 0.5) is 5.00 Å². The van der Waals surface area contributed by atoms with Gasteiger partial charge in [-0.3, -0.25) is 9.69 Å². The summed E-state index contributed by atoms with van der Waals surface area (Å²) in [5.74, 6) is 0.580. The molecular formula is C21H25N3OS2. The number of thiophene rings is 1. The third kappa shape index (κ3) is 4.92. The zero-order valence-electron chi connectivity index (χ0n) is 16.0. The van der Waals surface area contributed by atoms with Crippen molar-refractivity contribution in [1.29, 1.82) is 5.26 Å². The highest BCUT2D eigenvalue weighted by Gasteiger charge is 2.24. The Balaban J connectivity index is 1.61. The zero-order chi connectivity index (χ0) is 19.4. The van der Waals surface area contributed by atoms with E-state index in [2.05, 4.69) is 48.8 Å². The molecule has 1 aliphatic rings. The Morgan fingerprint density at radius 1 is 1.41 bits per heavy atom. The van der Waals surface area contributed by atoms with Gasteiger partial charge in [-0.2, -0.15) is 5.26 Å². The molecule has 0 fully saturated rings. The number of likely N-dealkylation sites (N-methyl/N-ethyl adjacent to an activating group) is 1. The van der Waals surface area contributed by atoms with Crippen molar-refractivity contribution >= 4 is 34.0 Å². The van der Waals surface area contributed by atoms with Crippen LogP contribution in [0.25, 0.3) is 0 Å². The van der Waals surface area contributed by atoms with Gasteiger partial charge in [-0.15, -0.1) is 23.1 Å². The van der Waals surface area contributed by atoms with Gasteiger partial charge in [0.25, 0.3) is 0 Å². The van der Waals surface area contributed by atoms with Crippen LogP contribution in [0, 0.1) is 17.2 Å². The second kappa shape index (κ2) is 8.92. The Bertz CT molecular complexity index is 852. The summed E-state index contributed by atoms with van der Waals surface area (Å²) in [5.41, 5.74) is 3.00. The van der Waals surface area contributed by atoms with Gasteiger partial charge in [0.05, 0.1) is 12.1 Å². The second-order valence-electron chi connectivity index (χ2n) is 7.24. The Kier molecular flexibility index (Phi) is 6.59. The largest absolute Gasteiger partial charge is 0.315 e. The highest BCUT2D eigenvalue weighted by molar-refractivity contribution is 7.98. The molecule has 142 valence electrons. The first-order valence-corrected chi connectivity index (χ1v) is 11.2. The number of carbonyl (C=O) groups is 1. The molecule has 1 amide bonds. The summed E-state index contributed by atoms with van der Waals surface area (Å²) in [6.07, 6.45) is 5.13. The van der Waals surface area contributed by atoms with Gasteiger partial charge in [0.2, 0.25) is 5.91 Å². The van der Waals surface area contributed by atoms with Crippen molar-refractivity contribution in [3.8, 4) is 6.07 Å². The van der Waals surface area contributed by atoms with E-state index in [-0.39, 0.29) is 5.91 Å². The van der Waals surface area contributed by atoms with Crippen LogP contribution in [-0.4, -0.2) is 30.7 Å². The Morgan fingerprint density at radius 3 is 2.81 bits per heavy atom. The van der Waals surface area contributed by atoms with Gasteiger partial charge in [-0.25, -0.2) is 0 Å². The van der Waals surface area contributed by atoms with Crippen molar-refractivity contribution in [1.82, 2.24) is 4.90 Å². The van der Waals surface area contributed by atoms with E-state index in [9.17, 15) is 10.1 Å². The molecule has 0 bridgehead atoms. The van der Waals surface area contributed by atoms with Crippen LogP contribution in [0.15, 0.2) is 29.2 Å². The molecule has 0 saturated carbocycles. The maximum atomic E-state index is 12.5. The van der Waals surface area contributed by atoms with Crippen molar-refractivity contribution < 1.29 is 4.79 Å². The molecule has 2 aromatic rings. The van der Waals surface area contributed by atoms with Crippen LogP contribution >= 0.6 is 23.1 Å². The zero-order valence-corrected chi connectivity index (χ0v) is 17.7. The van der Waals surface area contributed by atoms with Crippen molar-refractivity contribution in [2.24, 2.45) is 5.92 Å². The third-order valence-corrected chi connectivity index (χ3v) is 6.81. The number of thioether (sulfide) groups is 1. The summed E-state index contributed by atoms with van der Waals surface area (Å²) in [5, 5.41) is 13.3. The van der Waals surface area contributed by atoms with E-state index in [4.69, 9.17) is 0 Å². The lowest BCUT2D eigenvalue weighted by Gasteiger charge is -2.17. The maximum Gasteiger partial charge on any atom is 0.239 e. The summed E-state index contributed by atoms with van der Waals surface area (Å²) in [6.45, 7) is 3.26. The molecular weight excluding hydrogens is 374 g/mol. The predicted molar refractivity (Wildman–Crippen MR) is 113 cm³/mol. The summed E-state index contributed by atoms with van der Waals surface area (Å²) in [4.78, 5) is 17.0. The average Bonchev–Trinajstić information content (AvgIpc) is 2.97. The number of fused-ring (bicyclic) bond motifs is 1. The minimum atomic E-state index is -0.0682. The molecule has 1 aromatic heterocycles. The molecule has 6 heteroatoms. The number of hydrogen-bond acceptors (Lipinski definition) is 5. The Hall–Kier alpha value is -1.81. The van der Waals surface area contributed by atoms with Crippen LogP contribution in [0.5, 0.6) is 0 Å². The van der Waals surface area contributed by atoms with Crippen molar-refractivity contribution in [2.45, 2.75) is 37.6 Å². The van der Waals surface area contributed by atoms with E-state index in [1.165, 1.54) is 15.3 Å². The lowest BCUT2D eigenvalue weighted by atomic mass is 9.89. The van der Waals surface area contributed by atoms with Crippen LogP contribution in [0.1, 0.15) is 34.9 Å². The first-order chi connectivity index (χ1) is 13.0. The second-order valence-corrected chi connectivity index (χ2v) is 9.22. The normalized spacial score (nSPS) is 16.0. The fraction of sp³-hybridized carbons (Fsp3) is 0.429. The smallest absolute Gasteiger partial charge is 0.239 e. The lowest BCUT2D eigenvalue weighted by Crippen LogP contribution is -2.29. The van der Waals surface area contributed by atoms with Crippen molar-refractivity contribution in [3.63, 3.8) is 0 Å². The molecule has 27 heavy (non-hydrogen) atoms. The van der Waals surface area contributed by atoms with Gasteiger partial charge in [0, 0.05) is 16.3 Å². The molecule has 0 saturated heterocycles. The van der Waals surface area contributed by atoms with E-state index in [1.807, 2.05) is 11.9 Å². The first-order valence-electron chi connectivity index (χ1n) is 9.16. The number of anilines is 1. The monoisotopic (exact) mass is 399 g/mol. The number of benzene rings is 1. The Labute approximate surface area is 169 Å². The molecule has 1 aliphatic carbocycles. The SMILES string of the molecule is CSc1ccc(CN(C)CC(=O)Nc2sc3c(c2C#N)CC[C@@H](C)C3)cc1. The molecule has 0 unspecified atom stereocenters. The van der Waals surface area contributed by atoms with Crippen LogP contribution in [0.3, 0.4) is 0 Å². The topological polar surface area (TPSA) is 56.1 Å². The van der Waals surface area contributed by atoms with Gasteiger partial charge in [-0.05, 0) is 61.7 Å². The highest BCUT2D eigenvalue weighted by atomic mass is 32.2. The van der Waals surface area contributed by atoms with Gasteiger partial charge in [-0.1, -0.05) is 19.1 Å². The number of nitrogens with zero attached hydrogens (tertiary/aromatic N) is 2. The molecule has 3 rings (SSSR count). The molecule has 1 N–H and O–H groups in total. The third-order valence-electron chi connectivity index (χ3n) is 4.90. The number of amides is 1. The molecule has 0 spiro atoms. The van der Waals surface area contributed by atoms with Gasteiger partial charge in [0.15, 0.2) is 0 Å². The summed E-state index contributed by atoms with van der Waals surface area (Å²) in [6, 6.07) is 10.7. The van der Waals surface area contributed by atoms with Crippen molar-refractivity contribution in [2.75, 3.05) is 25.2 Å². The molecule has 4 nitrogen and oxygen atoms in total. The predicted octanol–water partition coefficient (Wildman–Crippen LogP) is 4.54. The summed E-state index contributed by atoms with van der Waals surface area (Å²) < 4.78 is 0. The maximum absolute atomic E-state index is 12.5. The van der Waals surface area contributed by atoms with E-state index in [1.54, 1.807) is 23.1 Å². The fourth-order valence-electron chi connectivity index (χ4n) is 3.47. The van der Waals surface area contributed by atoms with E-state index >= 15 is 0 Å². The Morgan fingerprint density at radius 2 is 2.15 bits per heavy atom. The quantitative estimate of drug-likeness (QED) is 0.725. The fourth-order valence-corrected chi connectivity index (χ4v) is 5.25. The van der Waals surface area contributed by atoms with E-state index < -0.39 is 0 Å². The lowest BCUT2D eigenvalue weighted by molar-refractivity contribution is -0.117. The number of rotatable bonds is 6. The van der Waals surface area contributed by atoms with E-state index in [0.717, 1.165) is 29.8 Å². The van der Waals surface area contributed by atoms with E-state index in [0.29, 0.717) is 24.6 Å². The minimum Gasteiger partial charge on any atom is -0.315 e. The number of nitriles is 1. The highest BCUT2D eigenvalue weighted by Crippen LogP contribution is 2.39. The van der Waals surface area contributed by atoms with Crippen molar-refractivity contribution in [3.05, 3.63) is 45.8 Å². The van der Waals surface area contributed by atoms with Crippen LogP contribution < -0.4 is 5.32 Å². The molecule has 1 atom stereocenters. The number of carbonyl (C=O) groups excluding carboxylic acids is 1. The number of nitrogens with one attached hydrogen (secondary N) is 1. The van der Waals surface area contributed by atoms with Gasteiger partial charge < -0.3 is 5.32 Å². The number of hydrogen-bond donors (Lipinski definition) is 1. The van der Waals surface area contributed by atoms with Gasteiger partial charge >= 0.3 is 0 Å². The molecule has 0 aliphatic heterocycles. The molecule has 0 radical (unpaired) electrons. The minimum absolute atomic E-state index is 0.0682.